The summed E-state index contributed by atoms with van der Waals surface area (Å²) < 4.78 is 1.58. The summed E-state index contributed by atoms with van der Waals surface area (Å²) in [6, 6.07) is 9.38. The largest absolute Gasteiger partial charge is 0.390 e. The number of aromatic nitrogens is 2. The number of aliphatic hydroxyl groups is 1. The van der Waals surface area contributed by atoms with Gasteiger partial charge in [-0.1, -0.05) is 6.07 Å². The van der Waals surface area contributed by atoms with Crippen LogP contribution in [0.15, 0.2) is 18.2 Å². The second-order valence-electron chi connectivity index (χ2n) is 7.60. The Kier molecular flexibility index (Phi) is 5.83. The number of benzene rings is 1. The molecule has 6 nitrogen and oxygen atoms in total. The summed E-state index contributed by atoms with van der Waals surface area (Å²) in [5, 5.41) is 33.3. The molecular weight excluding hydrogens is 340 g/mol. The average molecular weight is 364 g/mol. The van der Waals surface area contributed by atoms with Gasteiger partial charge in [-0.25, -0.2) is 0 Å². The van der Waals surface area contributed by atoms with Crippen molar-refractivity contribution in [2.45, 2.75) is 59.1 Å². The standard InChI is InChI=1S/C21H24N4O2/c1-13(2)25-20(18(26)8-9-21(4,5)27)17(12-23)19(24-25)15-6-7-16(11-22)14(3)10-15/h6-7,10,13,27H,8-9H2,1-5H3. The predicted octanol–water partition coefficient (Wildman–Crippen LogP) is 3.92. The average Bonchev–Trinajstić information content (AvgIpc) is 2.98. The lowest BCUT2D eigenvalue weighted by Gasteiger charge is -2.16. The fourth-order valence-electron chi connectivity index (χ4n) is 2.86. The van der Waals surface area contributed by atoms with Crippen molar-refractivity contribution >= 4 is 5.78 Å². The van der Waals surface area contributed by atoms with Crippen LogP contribution in [-0.4, -0.2) is 26.3 Å². The number of nitriles is 2. The molecular formula is C21H24N4O2. The molecule has 0 aliphatic heterocycles. The molecule has 1 aromatic heterocycles. The highest BCUT2D eigenvalue weighted by Gasteiger charge is 2.27. The Morgan fingerprint density at radius 2 is 1.96 bits per heavy atom. The van der Waals surface area contributed by atoms with E-state index in [1.807, 2.05) is 20.8 Å². The Morgan fingerprint density at radius 1 is 1.30 bits per heavy atom. The van der Waals surface area contributed by atoms with E-state index in [0.717, 1.165) is 5.56 Å². The van der Waals surface area contributed by atoms with Crippen LogP contribution in [0.1, 0.15) is 73.8 Å². The molecule has 1 N–H and O–H groups in total. The van der Waals surface area contributed by atoms with Gasteiger partial charge in [-0.05, 0) is 58.7 Å². The van der Waals surface area contributed by atoms with E-state index in [4.69, 9.17) is 5.26 Å². The van der Waals surface area contributed by atoms with Crippen molar-refractivity contribution in [3.8, 4) is 23.4 Å². The van der Waals surface area contributed by atoms with Crippen LogP contribution in [0.2, 0.25) is 0 Å². The highest BCUT2D eigenvalue weighted by molar-refractivity contribution is 5.98. The quantitative estimate of drug-likeness (QED) is 0.783. The summed E-state index contributed by atoms with van der Waals surface area (Å²) in [7, 11) is 0. The van der Waals surface area contributed by atoms with Gasteiger partial charge in [-0.2, -0.15) is 15.6 Å². The Balaban J connectivity index is 2.59. The smallest absolute Gasteiger partial charge is 0.182 e. The number of hydrogen-bond donors (Lipinski definition) is 1. The van der Waals surface area contributed by atoms with Crippen LogP contribution in [0.3, 0.4) is 0 Å². The number of carbonyl (C=O) groups excluding carboxylic acids is 1. The van der Waals surface area contributed by atoms with E-state index in [-0.39, 0.29) is 29.5 Å². The summed E-state index contributed by atoms with van der Waals surface area (Å²) in [5.41, 5.74) is 2.01. The van der Waals surface area contributed by atoms with Crippen LogP contribution < -0.4 is 0 Å². The minimum Gasteiger partial charge on any atom is -0.390 e. The molecule has 140 valence electrons. The first kappa shape index (κ1) is 20.4. The molecule has 0 amide bonds. The highest BCUT2D eigenvalue weighted by atomic mass is 16.3. The zero-order chi connectivity index (χ0) is 20.4. The molecule has 0 aliphatic rings. The van der Waals surface area contributed by atoms with Crippen LogP contribution in [0, 0.1) is 29.6 Å². The molecule has 0 saturated carbocycles. The second kappa shape index (κ2) is 7.73. The molecule has 1 aromatic carbocycles. The first-order valence-electron chi connectivity index (χ1n) is 8.88. The molecule has 0 spiro atoms. The molecule has 0 atom stereocenters. The molecule has 0 saturated heterocycles. The van der Waals surface area contributed by atoms with E-state index in [2.05, 4.69) is 17.2 Å². The van der Waals surface area contributed by atoms with Crippen molar-refractivity contribution in [2.24, 2.45) is 0 Å². The Bertz CT molecular complexity index is 950. The van der Waals surface area contributed by atoms with Crippen molar-refractivity contribution in [1.29, 1.82) is 10.5 Å². The Hall–Kier alpha value is -2.96. The SMILES string of the molecule is Cc1cc(-c2nn(C(C)C)c(C(=O)CCC(C)(C)O)c2C#N)ccc1C#N. The summed E-state index contributed by atoms with van der Waals surface area (Å²) >= 11 is 0. The van der Waals surface area contributed by atoms with Crippen LogP contribution in [-0.2, 0) is 0 Å². The first-order chi connectivity index (χ1) is 12.6. The minimum absolute atomic E-state index is 0.105. The number of hydrogen-bond acceptors (Lipinski definition) is 5. The number of ketones is 1. The maximum absolute atomic E-state index is 12.8. The Labute approximate surface area is 159 Å². The second-order valence-corrected chi connectivity index (χ2v) is 7.60. The van der Waals surface area contributed by atoms with Crippen LogP contribution in [0.5, 0.6) is 0 Å². The van der Waals surface area contributed by atoms with Gasteiger partial charge in [0, 0.05) is 18.0 Å². The van der Waals surface area contributed by atoms with E-state index in [1.165, 1.54) is 0 Å². The molecule has 2 rings (SSSR count). The maximum atomic E-state index is 12.8. The van der Waals surface area contributed by atoms with Crippen LogP contribution >= 0.6 is 0 Å². The van der Waals surface area contributed by atoms with Gasteiger partial charge in [0.05, 0.1) is 17.2 Å². The van der Waals surface area contributed by atoms with Crippen molar-refractivity contribution in [3.05, 3.63) is 40.6 Å². The zero-order valence-electron chi connectivity index (χ0n) is 16.4. The summed E-state index contributed by atoms with van der Waals surface area (Å²) in [6.45, 7) is 8.92. The number of Topliss-reactive ketones (excluding diaryl/α,β-unsaturated/α-hetero) is 1. The van der Waals surface area contributed by atoms with Gasteiger partial charge < -0.3 is 5.11 Å². The molecule has 0 unspecified atom stereocenters. The molecule has 1 heterocycles. The third-order valence-corrected chi connectivity index (χ3v) is 4.36. The lowest BCUT2D eigenvalue weighted by atomic mass is 9.97. The molecule has 0 fully saturated rings. The predicted molar refractivity (Wildman–Crippen MR) is 102 cm³/mol. The van der Waals surface area contributed by atoms with Gasteiger partial charge >= 0.3 is 0 Å². The number of nitrogens with zero attached hydrogens (tertiary/aromatic N) is 4. The van der Waals surface area contributed by atoms with Crippen LogP contribution in [0.4, 0.5) is 0 Å². The van der Waals surface area contributed by atoms with Crippen molar-refractivity contribution in [1.82, 2.24) is 9.78 Å². The van der Waals surface area contributed by atoms with E-state index < -0.39 is 5.60 Å². The monoisotopic (exact) mass is 364 g/mol. The fraction of sp³-hybridized carbons (Fsp3) is 0.429. The molecule has 6 heteroatoms. The maximum Gasteiger partial charge on any atom is 0.182 e. The van der Waals surface area contributed by atoms with Gasteiger partial charge in [0.2, 0.25) is 0 Å². The third-order valence-electron chi connectivity index (χ3n) is 4.36. The zero-order valence-corrected chi connectivity index (χ0v) is 16.4. The lowest BCUT2D eigenvalue weighted by molar-refractivity contribution is 0.0629. The summed E-state index contributed by atoms with van der Waals surface area (Å²) in [5.74, 6) is -0.216. The third kappa shape index (κ3) is 4.42. The van der Waals surface area contributed by atoms with E-state index in [1.54, 1.807) is 36.7 Å². The summed E-state index contributed by atoms with van der Waals surface area (Å²) in [4.78, 5) is 12.8. The number of rotatable bonds is 6. The molecule has 27 heavy (non-hydrogen) atoms. The molecule has 2 aromatic rings. The van der Waals surface area contributed by atoms with Gasteiger partial charge in [0.1, 0.15) is 23.0 Å². The van der Waals surface area contributed by atoms with Crippen molar-refractivity contribution in [3.63, 3.8) is 0 Å². The van der Waals surface area contributed by atoms with Crippen molar-refractivity contribution < 1.29 is 9.90 Å². The normalized spacial score (nSPS) is 11.3. The van der Waals surface area contributed by atoms with Gasteiger partial charge in [0.15, 0.2) is 5.78 Å². The first-order valence-corrected chi connectivity index (χ1v) is 8.88. The Morgan fingerprint density at radius 3 is 2.44 bits per heavy atom. The minimum atomic E-state index is -0.960. The van der Waals surface area contributed by atoms with Gasteiger partial charge in [0.25, 0.3) is 0 Å². The van der Waals surface area contributed by atoms with Crippen molar-refractivity contribution in [2.75, 3.05) is 0 Å². The molecule has 0 radical (unpaired) electrons. The van der Waals surface area contributed by atoms with Gasteiger partial charge in [-0.15, -0.1) is 0 Å². The van der Waals surface area contributed by atoms with E-state index in [9.17, 15) is 15.2 Å². The lowest BCUT2D eigenvalue weighted by Crippen LogP contribution is -2.21. The fourth-order valence-corrected chi connectivity index (χ4v) is 2.86. The van der Waals surface area contributed by atoms with E-state index in [0.29, 0.717) is 23.2 Å². The van der Waals surface area contributed by atoms with Crippen LogP contribution in [0.25, 0.3) is 11.3 Å². The highest BCUT2D eigenvalue weighted by Crippen LogP contribution is 2.30. The summed E-state index contributed by atoms with van der Waals surface area (Å²) in [6.07, 6.45) is 0.424. The number of carbonyl (C=O) groups is 1. The van der Waals surface area contributed by atoms with Gasteiger partial charge in [-0.3, -0.25) is 9.48 Å². The number of aryl methyl sites for hydroxylation is 1. The molecule has 0 aliphatic carbocycles. The topological polar surface area (TPSA) is 103 Å². The molecule has 0 bridgehead atoms. The van der Waals surface area contributed by atoms with E-state index >= 15 is 0 Å².